The molecule has 2 aliphatic carbocycles. The van der Waals surface area contributed by atoms with Gasteiger partial charge in [-0.25, -0.2) is 9.97 Å². The fourth-order valence-corrected chi connectivity index (χ4v) is 6.08. The zero-order valence-electron chi connectivity index (χ0n) is 23.0. The van der Waals surface area contributed by atoms with Gasteiger partial charge in [0.15, 0.2) is 0 Å². The lowest BCUT2D eigenvalue weighted by atomic mass is 9.74. The molecule has 0 saturated carbocycles. The molecule has 2 heterocycles. The molecular weight excluding hydrogens is 548 g/mol. The number of rotatable bonds is 10. The first-order chi connectivity index (χ1) is 21.0. The molecule has 2 aromatic heterocycles. The summed E-state index contributed by atoms with van der Waals surface area (Å²) >= 11 is 0. The van der Waals surface area contributed by atoms with Crippen molar-refractivity contribution in [1.82, 2.24) is 19.1 Å². The number of benzene rings is 2. The summed E-state index contributed by atoms with van der Waals surface area (Å²) < 4.78 is 9.70. The summed E-state index contributed by atoms with van der Waals surface area (Å²) in [6.45, 7) is -0.0732. The number of imidazole rings is 2. The highest BCUT2D eigenvalue weighted by Crippen LogP contribution is 2.43. The van der Waals surface area contributed by atoms with Gasteiger partial charge in [-0.3, -0.25) is 20.2 Å². The van der Waals surface area contributed by atoms with Crippen LogP contribution in [-0.2, 0) is 15.8 Å². The predicted molar refractivity (Wildman–Crippen MR) is 159 cm³/mol. The Kier molecular flexibility index (Phi) is 7.39. The van der Waals surface area contributed by atoms with Crippen LogP contribution in [0.3, 0.4) is 0 Å². The Bertz CT molecular complexity index is 1620. The normalized spacial score (nSPS) is 24.3. The lowest BCUT2D eigenvalue weighted by molar-refractivity contribution is -0.575. The molecule has 0 N–H and O–H groups in total. The van der Waals surface area contributed by atoms with Crippen LogP contribution in [0.2, 0.25) is 0 Å². The smallest absolute Gasteiger partial charge is 0.275 e. The van der Waals surface area contributed by atoms with Crippen molar-refractivity contribution in [3.05, 3.63) is 166 Å². The van der Waals surface area contributed by atoms with Crippen LogP contribution in [0.4, 0.5) is 0 Å². The highest BCUT2D eigenvalue weighted by atomic mass is 16.6. The molecule has 0 fully saturated rings. The number of ether oxygens (including phenoxy) is 1. The van der Waals surface area contributed by atoms with Gasteiger partial charge in [0, 0.05) is 34.6 Å². The Balaban J connectivity index is 1.32. The molecule has 0 aliphatic heterocycles. The highest BCUT2D eigenvalue weighted by molar-refractivity contribution is 5.50. The number of hydrogen-bond acceptors (Lipinski definition) is 7. The van der Waals surface area contributed by atoms with Crippen molar-refractivity contribution in [2.75, 3.05) is 13.2 Å². The first-order valence-corrected chi connectivity index (χ1v) is 13.7. The van der Waals surface area contributed by atoms with Crippen LogP contribution < -0.4 is 0 Å². The molecule has 216 valence electrons. The van der Waals surface area contributed by atoms with Crippen molar-refractivity contribution in [2.45, 2.75) is 11.1 Å². The van der Waals surface area contributed by atoms with E-state index < -0.39 is 22.9 Å². The maximum atomic E-state index is 12.9. The van der Waals surface area contributed by atoms with Gasteiger partial charge in [0.1, 0.15) is 0 Å². The van der Waals surface area contributed by atoms with Crippen LogP contribution >= 0.6 is 0 Å². The van der Waals surface area contributed by atoms with E-state index in [4.69, 9.17) is 4.74 Å². The molecule has 0 saturated heterocycles. The third-order valence-electron chi connectivity index (χ3n) is 8.18. The number of hydrogen-bond donors (Lipinski definition) is 0. The molecule has 4 aromatic rings. The average molecular weight is 577 g/mol. The summed E-state index contributed by atoms with van der Waals surface area (Å²) in [5.41, 5.74) is -1.03. The first-order valence-electron chi connectivity index (χ1n) is 13.7. The van der Waals surface area contributed by atoms with Gasteiger partial charge >= 0.3 is 0 Å². The molecule has 4 unspecified atom stereocenters. The molecule has 2 aliphatic rings. The summed E-state index contributed by atoms with van der Waals surface area (Å²) in [5.74, 6) is -1.38. The topological polar surface area (TPSA) is 131 Å². The number of nitro groups is 2. The lowest BCUT2D eigenvalue weighted by Crippen LogP contribution is -2.46. The lowest BCUT2D eigenvalue weighted by Gasteiger charge is -2.34. The van der Waals surface area contributed by atoms with Crippen LogP contribution in [0.15, 0.2) is 135 Å². The number of allylic oxidation sites excluding steroid dienone is 4. The number of aromatic nitrogens is 4. The van der Waals surface area contributed by atoms with E-state index in [1.807, 2.05) is 24.3 Å². The Morgan fingerprint density at radius 2 is 1.14 bits per heavy atom. The van der Waals surface area contributed by atoms with Crippen molar-refractivity contribution in [3.63, 3.8) is 0 Å². The molecule has 0 bridgehead atoms. The zero-order chi connectivity index (χ0) is 29.9. The van der Waals surface area contributed by atoms with Gasteiger partial charge < -0.3 is 13.9 Å². The van der Waals surface area contributed by atoms with Crippen LogP contribution in [0.1, 0.15) is 11.1 Å². The summed E-state index contributed by atoms with van der Waals surface area (Å²) in [4.78, 5) is 33.5. The van der Waals surface area contributed by atoms with E-state index in [2.05, 4.69) is 9.97 Å². The molecule has 0 radical (unpaired) electrons. The maximum Gasteiger partial charge on any atom is 0.275 e. The van der Waals surface area contributed by atoms with Crippen molar-refractivity contribution < 1.29 is 14.6 Å². The third kappa shape index (κ3) is 4.69. The summed E-state index contributed by atoms with van der Waals surface area (Å²) in [7, 11) is 0. The molecule has 11 heteroatoms. The van der Waals surface area contributed by atoms with Gasteiger partial charge in [0.2, 0.25) is 0 Å². The maximum absolute atomic E-state index is 12.9. The van der Waals surface area contributed by atoms with Gasteiger partial charge in [-0.05, 0) is 36.4 Å². The van der Waals surface area contributed by atoms with Gasteiger partial charge in [0.05, 0.1) is 60.2 Å². The molecule has 0 amide bonds. The van der Waals surface area contributed by atoms with Crippen LogP contribution in [0.25, 0.3) is 11.4 Å². The molecule has 6 rings (SSSR count). The van der Waals surface area contributed by atoms with Crippen molar-refractivity contribution in [3.8, 4) is 11.4 Å². The van der Waals surface area contributed by atoms with Crippen molar-refractivity contribution >= 4 is 0 Å². The van der Waals surface area contributed by atoms with E-state index in [1.54, 1.807) is 119 Å². The van der Waals surface area contributed by atoms with E-state index in [-0.39, 0.29) is 23.1 Å². The van der Waals surface area contributed by atoms with Crippen molar-refractivity contribution in [1.29, 1.82) is 0 Å². The Morgan fingerprint density at radius 1 is 0.698 bits per heavy atom. The number of nitrogens with zero attached hydrogens (tertiary/aromatic N) is 6. The minimum Gasteiger partial charge on any atom is -0.380 e. The molecule has 2 aromatic carbocycles. The Labute approximate surface area is 247 Å². The summed E-state index contributed by atoms with van der Waals surface area (Å²) in [5, 5.41) is 25.8. The van der Waals surface area contributed by atoms with E-state index in [9.17, 15) is 20.2 Å². The summed E-state index contributed by atoms with van der Waals surface area (Å²) in [6, 6.07) is 14.3. The number of para-hydroxylation sites is 2. The summed E-state index contributed by atoms with van der Waals surface area (Å²) in [6.07, 6.45) is 23.5. The SMILES string of the molecule is O=[N+]([O-])C1(c2ccccc2-n2ccnc2)C=CC=CC1COCC1C=CC=CC1(c1ccccc1-n1ccnc1)[N+](=O)[O-]. The minimum atomic E-state index is -1.63. The average Bonchev–Trinajstić information content (AvgIpc) is 3.77. The molecular formula is C32H28N6O5. The van der Waals surface area contributed by atoms with Gasteiger partial charge in [-0.2, -0.15) is 0 Å². The molecule has 11 nitrogen and oxygen atoms in total. The molecule has 0 spiro atoms. The Morgan fingerprint density at radius 3 is 1.53 bits per heavy atom. The van der Waals surface area contributed by atoms with Gasteiger partial charge in [0.25, 0.3) is 11.1 Å². The second kappa shape index (κ2) is 11.5. The zero-order valence-corrected chi connectivity index (χ0v) is 23.0. The van der Waals surface area contributed by atoms with Crippen LogP contribution in [0.5, 0.6) is 0 Å². The van der Waals surface area contributed by atoms with E-state index in [0.717, 1.165) is 0 Å². The monoisotopic (exact) mass is 576 g/mol. The second-order valence-corrected chi connectivity index (χ2v) is 10.4. The van der Waals surface area contributed by atoms with E-state index in [1.165, 1.54) is 0 Å². The van der Waals surface area contributed by atoms with E-state index in [0.29, 0.717) is 22.5 Å². The quantitative estimate of drug-likeness (QED) is 0.187. The van der Waals surface area contributed by atoms with Crippen LogP contribution in [0, 0.1) is 32.1 Å². The highest BCUT2D eigenvalue weighted by Gasteiger charge is 2.53. The predicted octanol–water partition coefficient (Wildman–Crippen LogP) is 5.20. The first kappa shape index (κ1) is 27.7. The van der Waals surface area contributed by atoms with Gasteiger partial charge in [-0.15, -0.1) is 0 Å². The fraction of sp³-hybridized carbons (Fsp3) is 0.188. The largest absolute Gasteiger partial charge is 0.380 e. The van der Waals surface area contributed by atoms with Crippen LogP contribution in [-0.4, -0.2) is 42.2 Å². The minimum absolute atomic E-state index is 0.0366. The molecule has 43 heavy (non-hydrogen) atoms. The molecule has 4 atom stereocenters. The standard InChI is InChI=1S/C32H28N6O5/c39-37(40)31(27-11-1-3-13-29(27)35-19-17-33-23-35)15-7-5-9-25(31)21-43-22-26-10-6-8-16-32(26,38(41)42)28-12-2-4-14-30(28)36-20-18-34-24-36/h1-20,23-26H,21-22H2. The fourth-order valence-electron chi connectivity index (χ4n) is 6.08. The van der Waals surface area contributed by atoms with Gasteiger partial charge in [-0.1, -0.05) is 60.7 Å². The van der Waals surface area contributed by atoms with Crippen molar-refractivity contribution in [2.24, 2.45) is 11.8 Å². The Hall–Kier alpha value is -5.42. The second-order valence-electron chi connectivity index (χ2n) is 10.4. The van der Waals surface area contributed by atoms with E-state index >= 15 is 0 Å². The third-order valence-corrected chi connectivity index (χ3v) is 8.18.